The molecular formula is C18H20N2O2S. The van der Waals surface area contributed by atoms with Crippen molar-refractivity contribution in [1.82, 2.24) is 10.3 Å². The van der Waals surface area contributed by atoms with E-state index >= 15 is 0 Å². The number of hydrogen-bond acceptors (Lipinski definition) is 5. The number of furan rings is 1. The van der Waals surface area contributed by atoms with Crippen LogP contribution >= 0.6 is 11.3 Å². The molecule has 2 aromatic heterocycles. The molecule has 23 heavy (non-hydrogen) atoms. The number of nitrogens with one attached hydrogen (secondary N) is 1. The molecule has 0 aliphatic heterocycles. The second-order valence-corrected chi connectivity index (χ2v) is 6.09. The molecule has 0 aliphatic carbocycles. The van der Waals surface area contributed by atoms with E-state index in [1.54, 1.807) is 17.6 Å². The van der Waals surface area contributed by atoms with Crippen LogP contribution in [0.3, 0.4) is 0 Å². The highest BCUT2D eigenvalue weighted by Crippen LogP contribution is 2.24. The lowest BCUT2D eigenvalue weighted by Crippen LogP contribution is -2.18. The third-order valence-corrected chi connectivity index (χ3v) is 4.45. The highest BCUT2D eigenvalue weighted by Gasteiger charge is 2.10. The Balaban J connectivity index is 1.60. The normalized spacial score (nSPS) is 12.3. The van der Waals surface area contributed by atoms with Crippen molar-refractivity contribution in [2.24, 2.45) is 0 Å². The minimum absolute atomic E-state index is 0.226. The first-order valence-corrected chi connectivity index (χ1v) is 8.58. The zero-order valence-electron chi connectivity index (χ0n) is 13.3. The van der Waals surface area contributed by atoms with Gasteiger partial charge in [0.25, 0.3) is 0 Å². The van der Waals surface area contributed by atoms with Crippen molar-refractivity contribution in [3.05, 3.63) is 59.3 Å². The van der Waals surface area contributed by atoms with E-state index in [1.807, 2.05) is 31.2 Å². The SMILES string of the molecule is CCOc1cccc(C(C)NCc2csc(-c3ccco3)n2)c1. The molecule has 0 aliphatic rings. The molecule has 0 fully saturated rings. The van der Waals surface area contributed by atoms with E-state index in [-0.39, 0.29) is 6.04 Å². The highest BCUT2D eigenvalue weighted by molar-refractivity contribution is 7.13. The van der Waals surface area contributed by atoms with Crippen molar-refractivity contribution in [3.63, 3.8) is 0 Å². The Hall–Kier alpha value is -2.11. The summed E-state index contributed by atoms with van der Waals surface area (Å²) in [4.78, 5) is 4.60. The summed E-state index contributed by atoms with van der Waals surface area (Å²) in [6.07, 6.45) is 1.67. The second kappa shape index (κ2) is 7.44. The Bertz CT molecular complexity index is 737. The lowest BCUT2D eigenvalue weighted by Gasteiger charge is -2.14. The Labute approximate surface area is 140 Å². The van der Waals surface area contributed by atoms with Crippen molar-refractivity contribution < 1.29 is 9.15 Å². The van der Waals surface area contributed by atoms with E-state index in [2.05, 4.69) is 34.7 Å². The van der Waals surface area contributed by atoms with Crippen molar-refractivity contribution in [1.29, 1.82) is 0 Å². The second-order valence-electron chi connectivity index (χ2n) is 5.23. The molecule has 0 amide bonds. The third kappa shape index (κ3) is 4.00. The van der Waals surface area contributed by atoms with Gasteiger partial charge < -0.3 is 14.5 Å². The maximum atomic E-state index is 5.56. The van der Waals surface area contributed by atoms with Crippen LogP contribution in [-0.4, -0.2) is 11.6 Å². The van der Waals surface area contributed by atoms with Crippen molar-refractivity contribution in [2.75, 3.05) is 6.61 Å². The van der Waals surface area contributed by atoms with E-state index < -0.39 is 0 Å². The number of benzene rings is 1. The number of nitrogens with zero attached hydrogens (tertiary/aromatic N) is 1. The van der Waals surface area contributed by atoms with Crippen molar-refractivity contribution in [3.8, 4) is 16.5 Å². The molecule has 0 bridgehead atoms. The van der Waals surface area contributed by atoms with Crippen LogP contribution in [0.2, 0.25) is 0 Å². The largest absolute Gasteiger partial charge is 0.494 e. The summed E-state index contributed by atoms with van der Waals surface area (Å²) in [7, 11) is 0. The average molecular weight is 328 g/mol. The van der Waals surface area contributed by atoms with Crippen LogP contribution in [0, 0.1) is 0 Å². The van der Waals surface area contributed by atoms with Crippen LogP contribution in [0.5, 0.6) is 5.75 Å². The Morgan fingerprint density at radius 3 is 3.00 bits per heavy atom. The molecule has 4 nitrogen and oxygen atoms in total. The Morgan fingerprint density at radius 1 is 1.30 bits per heavy atom. The molecule has 3 rings (SSSR count). The first kappa shape index (κ1) is 15.8. The number of ether oxygens (including phenoxy) is 1. The summed E-state index contributed by atoms with van der Waals surface area (Å²) in [6.45, 7) is 5.54. The number of rotatable bonds is 7. The van der Waals surface area contributed by atoms with Gasteiger partial charge in [-0.05, 0) is 43.7 Å². The molecular weight excluding hydrogens is 308 g/mol. The maximum Gasteiger partial charge on any atom is 0.162 e. The minimum Gasteiger partial charge on any atom is -0.494 e. The quantitative estimate of drug-likeness (QED) is 0.685. The van der Waals surface area contributed by atoms with Gasteiger partial charge in [0.05, 0.1) is 18.6 Å². The third-order valence-electron chi connectivity index (χ3n) is 3.54. The lowest BCUT2D eigenvalue weighted by molar-refractivity contribution is 0.339. The smallest absolute Gasteiger partial charge is 0.162 e. The van der Waals surface area contributed by atoms with Gasteiger partial charge >= 0.3 is 0 Å². The number of hydrogen-bond donors (Lipinski definition) is 1. The summed E-state index contributed by atoms with van der Waals surface area (Å²) in [5.74, 6) is 1.73. The van der Waals surface area contributed by atoms with Gasteiger partial charge in [0, 0.05) is 18.0 Å². The Morgan fingerprint density at radius 2 is 2.22 bits per heavy atom. The van der Waals surface area contributed by atoms with Gasteiger partial charge in [0.15, 0.2) is 10.8 Å². The number of aromatic nitrogens is 1. The molecule has 0 saturated heterocycles. The van der Waals surface area contributed by atoms with E-state index in [0.717, 1.165) is 28.8 Å². The monoisotopic (exact) mass is 328 g/mol. The predicted octanol–water partition coefficient (Wildman–Crippen LogP) is 4.65. The molecule has 0 radical (unpaired) electrons. The molecule has 1 aromatic carbocycles. The summed E-state index contributed by atoms with van der Waals surface area (Å²) in [6, 6.07) is 12.2. The topological polar surface area (TPSA) is 47.3 Å². The highest BCUT2D eigenvalue weighted by atomic mass is 32.1. The molecule has 120 valence electrons. The lowest BCUT2D eigenvalue weighted by atomic mass is 10.1. The van der Waals surface area contributed by atoms with E-state index in [1.165, 1.54) is 5.56 Å². The van der Waals surface area contributed by atoms with Gasteiger partial charge in [-0.2, -0.15) is 0 Å². The van der Waals surface area contributed by atoms with E-state index in [4.69, 9.17) is 9.15 Å². The number of thiazole rings is 1. The first-order chi connectivity index (χ1) is 11.3. The van der Waals surface area contributed by atoms with Crippen LogP contribution in [0.4, 0.5) is 0 Å². The van der Waals surface area contributed by atoms with Gasteiger partial charge in [0.1, 0.15) is 5.75 Å². The van der Waals surface area contributed by atoms with Crippen LogP contribution < -0.4 is 10.1 Å². The summed E-state index contributed by atoms with van der Waals surface area (Å²) in [5, 5.41) is 6.48. The molecule has 0 saturated carbocycles. The van der Waals surface area contributed by atoms with Gasteiger partial charge in [-0.25, -0.2) is 4.98 Å². The molecule has 1 unspecified atom stereocenters. The van der Waals surface area contributed by atoms with Gasteiger partial charge in [-0.1, -0.05) is 12.1 Å². The first-order valence-electron chi connectivity index (χ1n) is 7.70. The van der Waals surface area contributed by atoms with E-state index in [9.17, 15) is 0 Å². The van der Waals surface area contributed by atoms with Crippen molar-refractivity contribution >= 4 is 11.3 Å². The molecule has 2 heterocycles. The summed E-state index contributed by atoms with van der Waals surface area (Å²) in [5.41, 5.74) is 2.23. The van der Waals surface area contributed by atoms with Crippen molar-refractivity contribution in [2.45, 2.75) is 26.4 Å². The molecule has 5 heteroatoms. The fourth-order valence-corrected chi connectivity index (χ4v) is 3.10. The average Bonchev–Trinajstić information content (AvgIpc) is 3.24. The summed E-state index contributed by atoms with van der Waals surface area (Å²) < 4.78 is 10.9. The van der Waals surface area contributed by atoms with Gasteiger partial charge in [-0.3, -0.25) is 0 Å². The van der Waals surface area contributed by atoms with Crippen LogP contribution in [-0.2, 0) is 6.54 Å². The maximum absolute atomic E-state index is 5.56. The van der Waals surface area contributed by atoms with Crippen LogP contribution in [0.25, 0.3) is 10.8 Å². The zero-order valence-corrected chi connectivity index (χ0v) is 14.1. The predicted molar refractivity (Wildman–Crippen MR) is 92.7 cm³/mol. The van der Waals surface area contributed by atoms with Gasteiger partial charge in [-0.15, -0.1) is 11.3 Å². The van der Waals surface area contributed by atoms with Crippen LogP contribution in [0.15, 0.2) is 52.5 Å². The van der Waals surface area contributed by atoms with E-state index in [0.29, 0.717) is 6.61 Å². The minimum atomic E-state index is 0.226. The molecule has 3 aromatic rings. The molecule has 0 spiro atoms. The Kier molecular flexibility index (Phi) is 5.10. The zero-order chi connectivity index (χ0) is 16.1. The molecule has 1 atom stereocenters. The van der Waals surface area contributed by atoms with Crippen LogP contribution in [0.1, 0.15) is 31.1 Å². The fraction of sp³-hybridized carbons (Fsp3) is 0.278. The van der Waals surface area contributed by atoms with Gasteiger partial charge in [0.2, 0.25) is 0 Å². The fourth-order valence-electron chi connectivity index (χ4n) is 2.32. The standard InChI is InChI=1S/C18H20N2O2S/c1-3-21-16-7-4-6-14(10-16)13(2)19-11-15-12-23-18(20-15)17-8-5-9-22-17/h4-10,12-13,19H,3,11H2,1-2H3. The molecule has 1 N–H and O–H groups in total. The summed E-state index contributed by atoms with van der Waals surface area (Å²) >= 11 is 1.60.